The highest BCUT2D eigenvalue weighted by Gasteiger charge is 2.47. The Bertz CT molecular complexity index is 777. The molecule has 6 nitrogen and oxygen atoms in total. The molecule has 136 valence electrons. The van der Waals surface area contributed by atoms with Crippen LogP contribution in [-0.2, 0) is 21.3 Å². The van der Waals surface area contributed by atoms with Crippen LogP contribution in [0.25, 0.3) is 0 Å². The topological polar surface area (TPSA) is 81.5 Å². The van der Waals surface area contributed by atoms with Crippen molar-refractivity contribution in [3.8, 4) is 0 Å². The highest BCUT2D eigenvalue weighted by atomic mass is 16.7. The second kappa shape index (κ2) is 6.78. The number of hydrogen-bond donors (Lipinski definition) is 1. The van der Waals surface area contributed by atoms with Gasteiger partial charge in [0.15, 0.2) is 11.5 Å². The Kier molecular flexibility index (Phi) is 4.46. The Labute approximate surface area is 152 Å². The van der Waals surface area contributed by atoms with Gasteiger partial charge < -0.3 is 14.6 Å². The van der Waals surface area contributed by atoms with Crippen LogP contribution < -0.4 is 0 Å². The van der Waals surface area contributed by atoms with Crippen molar-refractivity contribution in [2.75, 3.05) is 13.2 Å². The Morgan fingerprint density at radius 2 is 1.73 bits per heavy atom. The first-order chi connectivity index (χ1) is 12.6. The number of rotatable bonds is 4. The lowest BCUT2D eigenvalue weighted by atomic mass is 9.65. The summed E-state index contributed by atoms with van der Waals surface area (Å²) < 4.78 is 11.8. The quantitative estimate of drug-likeness (QED) is 0.909. The van der Waals surface area contributed by atoms with E-state index < -0.39 is 11.8 Å². The lowest BCUT2D eigenvalue weighted by Gasteiger charge is -2.44. The number of benzene rings is 1. The molecule has 2 heterocycles. The van der Waals surface area contributed by atoms with E-state index in [-0.39, 0.29) is 11.1 Å². The predicted octanol–water partition coefficient (Wildman–Crippen LogP) is 2.97. The first kappa shape index (κ1) is 17.1. The van der Waals surface area contributed by atoms with Gasteiger partial charge in [-0.3, -0.25) is 0 Å². The van der Waals surface area contributed by atoms with E-state index in [0.29, 0.717) is 25.5 Å². The first-order valence-corrected chi connectivity index (χ1v) is 9.00. The molecule has 0 atom stereocenters. The lowest BCUT2D eigenvalue weighted by molar-refractivity contribution is -0.185. The third kappa shape index (κ3) is 3.22. The Hall–Kier alpha value is -2.31. The van der Waals surface area contributed by atoms with Gasteiger partial charge in [-0.1, -0.05) is 30.3 Å². The number of carbonyl (C=O) groups is 1. The first-order valence-electron chi connectivity index (χ1n) is 9.00. The van der Waals surface area contributed by atoms with Crippen molar-refractivity contribution in [1.29, 1.82) is 0 Å². The number of aromatic carboxylic acids is 1. The van der Waals surface area contributed by atoms with E-state index in [0.717, 1.165) is 25.7 Å². The standard InChI is InChI=1S/C20H22N2O4/c23-18(24)16-6-11-21-17(22-16)14-19(15-4-2-1-3-5-15)7-9-20(10-8-19)25-12-13-26-20/h1-6,11H,7-10,12-14H2,(H,23,24). The molecule has 2 fully saturated rings. The van der Waals surface area contributed by atoms with Crippen LogP contribution >= 0.6 is 0 Å². The summed E-state index contributed by atoms with van der Waals surface area (Å²) in [6.45, 7) is 1.31. The number of carboxylic acids is 1. The molecule has 26 heavy (non-hydrogen) atoms. The summed E-state index contributed by atoms with van der Waals surface area (Å²) in [5, 5.41) is 9.21. The van der Waals surface area contributed by atoms with Gasteiger partial charge in [0.05, 0.1) is 13.2 Å². The molecule has 1 saturated heterocycles. The fourth-order valence-electron chi connectivity index (χ4n) is 4.16. The van der Waals surface area contributed by atoms with Gasteiger partial charge in [-0.25, -0.2) is 14.8 Å². The van der Waals surface area contributed by atoms with E-state index in [1.54, 1.807) is 0 Å². The van der Waals surface area contributed by atoms with Crippen molar-refractivity contribution >= 4 is 5.97 Å². The summed E-state index contributed by atoms with van der Waals surface area (Å²) in [5.74, 6) is -0.905. The molecule has 6 heteroatoms. The minimum atomic E-state index is -1.03. The van der Waals surface area contributed by atoms with E-state index in [2.05, 4.69) is 22.1 Å². The van der Waals surface area contributed by atoms with Crippen LogP contribution in [0.5, 0.6) is 0 Å². The van der Waals surface area contributed by atoms with E-state index in [1.807, 2.05) is 18.2 Å². The van der Waals surface area contributed by atoms with Gasteiger partial charge in [-0.2, -0.15) is 0 Å². The maximum Gasteiger partial charge on any atom is 0.354 e. The molecule has 1 saturated carbocycles. The minimum absolute atomic E-state index is 0.0351. The third-order valence-corrected chi connectivity index (χ3v) is 5.59. The van der Waals surface area contributed by atoms with Crippen molar-refractivity contribution < 1.29 is 19.4 Å². The fraction of sp³-hybridized carbons (Fsp3) is 0.450. The van der Waals surface area contributed by atoms with Crippen molar-refractivity contribution in [2.24, 2.45) is 0 Å². The van der Waals surface area contributed by atoms with Crippen molar-refractivity contribution in [3.63, 3.8) is 0 Å². The van der Waals surface area contributed by atoms with Gasteiger partial charge in [0.1, 0.15) is 5.82 Å². The van der Waals surface area contributed by atoms with Crippen LogP contribution in [0.2, 0.25) is 0 Å². The van der Waals surface area contributed by atoms with Crippen molar-refractivity contribution in [3.05, 3.63) is 59.7 Å². The van der Waals surface area contributed by atoms with E-state index in [1.165, 1.54) is 17.8 Å². The van der Waals surface area contributed by atoms with E-state index in [9.17, 15) is 9.90 Å². The monoisotopic (exact) mass is 354 g/mol. The third-order valence-electron chi connectivity index (χ3n) is 5.59. The zero-order valence-electron chi connectivity index (χ0n) is 14.6. The molecule has 1 aromatic heterocycles. The molecule has 0 radical (unpaired) electrons. The number of nitrogens with zero attached hydrogens (tertiary/aromatic N) is 2. The highest BCUT2D eigenvalue weighted by Crippen LogP contribution is 2.47. The fourth-order valence-corrected chi connectivity index (χ4v) is 4.16. The Morgan fingerprint density at radius 3 is 2.38 bits per heavy atom. The molecule has 1 aromatic carbocycles. The SMILES string of the molecule is O=C(O)c1ccnc(CC2(c3ccccc3)CCC3(CC2)OCCO3)n1. The largest absolute Gasteiger partial charge is 0.477 e. The van der Waals surface area contributed by atoms with Crippen molar-refractivity contribution in [1.82, 2.24) is 9.97 Å². The number of hydrogen-bond acceptors (Lipinski definition) is 5. The maximum absolute atomic E-state index is 11.2. The average Bonchev–Trinajstić information content (AvgIpc) is 3.13. The molecule has 1 N–H and O–H groups in total. The van der Waals surface area contributed by atoms with Gasteiger partial charge in [0.25, 0.3) is 0 Å². The minimum Gasteiger partial charge on any atom is -0.477 e. The van der Waals surface area contributed by atoms with Crippen LogP contribution in [0.1, 0.15) is 47.6 Å². The van der Waals surface area contributed by atoms with Crippen LogP contribution in [0.4, 0.5) is 0 Å². The zero-order chi connectivity index (χ0) is 18.0. The highest BCUT2D eigenvalue weighted by molar-refractivity contribution is 5.85. The molecule has 2 aromatic rings. The molecule has 2 aliphatic rings. The van der Waals surface area contributed by atoms with Gasteiger partial charge >= 0.3 is 5.97 Å². The molecule has 4 rings (SSSR count). The summed E-state index contributed by atoms with van der Waals surface area (Å²) in [6, 6.07) is 11.8. The summed E-state index contributed by atoms with van der Waals surface area (Å²) in [5.41, 5.74) is 1.13. The molecular formula is C20H22N2O4. The number of ether oxygens (including phenoxy) is 2. The molecule has 0 unspecified atom stereocenters. The normalized spacial score (nSPS) is 20.9. The van der Waals surface area contributed by atoms with Gasteiger partial charge in [0, 0.05) is 30.9 Å². The molecule has 1 spiro atoms. The molecule has 1 aliphatic heterocycles. The van der Waals surface area contributed by atoms with Gasteiger partial charge in [-0.15, -0.1) is 0 Å². The average molecular weight is 354 g/mol. The second-order valence-corrected chi connectivity index (χ2v) is 7.09. The van der Waals surface area contributed by atoms with Crippen LogP contribution in [0.15, 0.2) is 42.6 Å². The maximum atomic E-state index is 11.2. The van der Waals surface area contributed by atoms with Crippen LogP contribution in [0, 0.1) is 0 Å². The summed E-state index contributed by atoms with van der Waals surface area (Å²) in [7, 11) is 0. The molecular weight excluding hydrogens is 332 g/mol. The van der Waals surface area contributed by atoms with E-state index in [4.69, 9.17) is 9.47 Å². The number of carboxylic acid groups (broad SMARTS) is 1. The zero-order valence-corrected chi connectivity index (χ0v) is 14.6. The van der Waals surface area contributed by atoms with E-state index >= 15 is 0 Å². The second-order valence-electron chi connectivity index (χ2n) is 7.09. The Morgan fingerprint density at radius 1 is 1.04 bits per heavy atom. The molecule has 0 amide bonds. The van der Waals surface area contributed by atoms with Crippen LogP contribution in [0.3, 0.4) is 0 Å². The number of aromatic nitrogens is 2. The lowest BCUT2D eigenvalue weighted by Crippen LogP contribution is -2.43. The molecule has 1 aliphatic carbocycles. The summed E-state index contributed by atoms with van der Waals surface area (Å²) in [6.07, 6.45) is 5.54. The summed E-state index contributed by atoms with van der Waals surface area (Å²) in [4.78, 5) is 19.8. The van der Waals surface area contributed by atoms with Crippen molar-refractivity contribution in [2.45, 2.75) is 43.3 Å². The smallest absolute Gasteiger partial charge is 0.354 e. The summed E-state index contributed by atoms with van der Waals surface area (Å²) >= 11 is 0. The molecule has 0 bridgehead atoms. The predicted molar refractivity (Wildman–Crippen MR) is 93.9 cm³/mol. The van der Waals surface area contributed by atoms with Gasteiger partial charge in [-0.05, 0) is 24.5 Å². The van der Waals surface area contributed by atoms with Gasteiger partial charge in [0.2, 0.25) is 0 Å². The van der Waals surface area contributed by atoms with Crippen LogP contribution in [-0.4, -0.2) is 40.0 Å². The Balaban J connectivity index is 1.64.